The zero-order chi connectivity index (χ0) is 17.6. The molecule has 0 heterocycles. The van der Waals surface area contributed by atoms with Crippen molar-refractivity contribution in [1.82, 2.24) is 0 Å². The molecule has 23 heavy (non-hydrogen) atoms. The molecule has 0 amide bonds. The zero-order valence-corrected chi connectivity index (χ0v) is 13.9. The van der Waals surface area contributed by atoms with E-state index in [-0.39, 0.29) is 6.01 Å². The van der Waals surface area contributed by atoms with Gasteiger partial charge in [0.1, 0.15) is 0 Å². The second-order valence-electron chi connectivity index (χ2n) is 5.08. The van der Waals surface area contributed by atoms with Crippen molar-refractivity contribution < 1.29 is 21.7 Å². The van der Waals surface area contributed by atoms with Gasteiger partial charge in [0.25, 0.3) is 6.01 Å². The molecule has 7 heteroatoms. The summed E-state index contributed by atoms with van der Waals surface area (Å²) < 4.78 is 52.5. The SMILES string of the molecule is Cc1ccc([S+](CF)c2cc(C)ccc2C)cc1.F[B-](F)(F)F. The van der Waals surface area contributed by atoms with Crippen LogP contribution in [0.1, 0.15) is 16.7 Å². The second kappa shape index (κ2) is 8.38. The predicted molar refractivity (Wildman–Crippen MR) is 87.2 cm³/mol. The van der Waals surface area contributed by atoms with Gasteiger partial charge in [-0.3, -0.25) is 0 Å². The highest BCUT2D eigenvalue weighted by Gasteiger charge is 2.27. The van der Waals surface area contributed by atoms with Gasteiger partial charge in [-0.15, -0.1) is 0 Å². The van der Waals surface area contributed by atoms with E-state index in [1.807, 2.05) is 12.1 Å². The van der Waals surface area contributed by atoms with E-state index in [4.69, 9.17) is 0 Å². The van der Waals surface area contributed by atoms with Gasteiger partial charge in [-0.2, -0.15) is 4.39 Å². The lowest BCUT2D eigenvalue weighted by atomic mass is 10.2. The van der Waals surface area contributed by atoms with E-state index in [1.165, 1.54) is 16.7 Å². The summed E-state index contributed by atoms with van der Waals surface area (Å²) in [5, 5.41) is 0. The molecule has 1 unspecified atom stereocenters. The normalized spacial score (nSPS) is 12.3. The van der Waals surface area contributed by atoms with Crippen LogP contribution in [-0.4, -0.2) is 13.3 Å². The van der Waals surface area contributed by atoms with Crippen LogP contribution in [0.4, 0.5) is 21.7 Å². The summed E-state index contributed by atoms with van der Waals surface area (Å²) in [5.74, 6) is 0. The summed E-state index contributed by atoms with van der Waals surface area (Å²) >= 11 is 0. The van der Waals surface area contributed by atoms with Gasteiger partial charge >= 0.3 is 7.25 Å². The lowest BCUT2D eigenvalue weighted by molar-refractivity contribution is 0.368. The molecule has 0 aliphatic heterocycles. The average molecular weight is 348 g/mol. The number of hydrogen-bond acceptors (Lipinski definition) is 0. The maximum absolute atomic E-state index is 13.5. The molecule has 0 N–H and O–H groups in total. The number of benzene rings is 2. The lowest BCUT2D eigenvalue weighted by Gasteiger charge is -2.08. The molecule has 1 atom stereocenters. The standard InChI is InChI=1S/C16H18FS.BF4/c1-12-5-8-15(9-6-12)18(11-17)16-10-13(2)4-7-14(16)3;2-1(3,4)5/h4-10H,11H2,1-3H3;/q+1;-1. The van der Waals surface area contributed by atoms with Crippen LogP contribution in [0.3, 0.4) is 0 Å². The molecule has 0 saturated carbocycles. The van der Waals surface area contributed by atoms with Crippen LogP contribution in [0.25, 0.3) is 0 Å². The molecular weight excluding hydrogens is 330 g/mol. The van der Waals surface area contributed by atoms with Crippen molar-refractivity contribution in [3.8, 4) is 0 Å². The molecule has 0 spiro atoms. The number of aryl methyl sites for hydroxylation is 3. The van der Waals surface area contributed by atoms with Crippen molar-refractivity contribution in [3.63, 3.8) is 0 Å². The van der Waals surface area contributed by atoms with Crippen LogP contribution in [-0.2, 0) is 10.9 Å². The van der Waals surface area contributed by atoms with Crippen molar-refractivity contribution in [1.29, 1.82) is 0 Å². The van der Waals surface area contributed by atoms with Crippen molar-refractivity contribution in [2.75, 3.05) is 6.01 Å². The van der Waals surface area contributed by atoms with Gasteiger partial charge in [0.05, 0.1) is 10.9 Å². The smallest absolute Gasteiger partial charge is 0.418 e. The Balaban J connectivity index is 0.000000463. The molecule has 126 valence electrons. The quantitative estimate of drug-likeness (QED) is 0.369. The van der Waals surface area contributed by atoms with Crippen molar-refractivity contribution in [2.45, 2.75) is 30.6 Å². The average Bonchev–Trinajstić information content (AvgIpc) is 2.43. The molecule has 2 aromatic rings. The highest BCUT2D eigenvalue weighted by molar-refractivity contribution is 7.96. The van der Waals surface area contributed by atoms with Gasteiger partial charge in [0.15, 0.2) is 9.79 Å². The van der Waals surface area contributed by atoms with Crippen LogP contribution in [0.2, 0.25) is 0 Å². The van der Waals surface area contributed by atoms with Crippen LogP contribution in [0, 0.1) is 20.8 Å². The third-order valence-electron chi connectivity index (χ3n) is 3.02. The van der Waals surface area contributed by atoms with Crippen LogP contribution >= 0.6 is 0 Å². The Morgan fingerprint density at radius 1 is 0.826 bits per heavy atom. The Morgan fingerprint density at radius 3 is 1.78 bits per heavy atom. The van der Waals surface area contributed by atoms with E-state index in [2.05, 4.69) is 51.1 Å². The molecule has 0 aliphatic rings. The molecule has 0 saturated heterocycles. The van der Waals surface area contributed by atoms with Gasteiger partial charge in [0, 0.05) is 5.56 Å². The summed E-state index contributed by atoms with van der Waals surface area (Å²) in [5.41, 5.74) is 3.57. The largest absolute Gasteiger partial charge is 0.673 e. The molecule has 2 rings (SSSR count). The maximum atomic E-state index is 13.5. The minimum atomic E-state index is -6.00. The minimum absolute atomic E-state index is 0.326. The van der Waals surface area contributed by atoms with Gasteiger partial charge in [-0.1, -0.05) is 29.8 Å². The third-order valence-corrected chi connectivity index (χ3v) is 5.05. The fourth-order valence-corrected chi connectivity index (χ4v) is 3.67. The monoisotopic (exact) mass is 348 g/mol. The van der Waals surface area contributed by atoms with E-state index in [0.29, 0.717) is 0 Å². The topological polar surface area (TPSA) is 0 Å². The van der Waals surface area contributed by atoms with E-state index in [0.717, 1.165) is 9.79 Å². The number of hydrogen-bond donors (Lipinski definition) is 0. The molecule has 0 fully saturated rings. The summed E-state index contributed by atoms with van der Waals surface area (Å²) in [7, 11) is -6.46. The minimum Gasteiger partial charge on any atom is -0.418 e. The molecule has 0 aromatic heterocycles. The summed E-state index contributed by atoms with van der Waals surface area (Å²) in [6, 6.07) is 14.1. The summed E-state index contributed by atoms with van der Waals surface area (Å²) in [4.78, 5) is 2.21. The van der Waals surface area contributed by atoms with Crippen molar-refractivity contribution >= 4 is 18.1 Å². The molecular formula is C16H18BF5S. The molecule has 2 aromatic carbocycles. The predicted octanol–water partition coefficient (Wildman–Crippen LogP) is 5.88. The molecule has 0 nitrogen and oxygen atoms in total. The molecule has 0 aliphatic carbocycles. The summed E-state index contributed by atoms with van der Waals surface area (Å²) in [6.07, 6.45) is 0. The van der Waals surface area contributed by atoms with Crippen molar-refractivity contribution in [3.05, 3.63) is 59.2 Å². The van der Waals surface area contributed by atoms with E-state index in [9.17, 15) is 21.7 Å². The zero-order valence-electron chi connectivity index (χ0n) is 13.1. The van der Waals surface area contributed by atoms with Gasteiger partial charge in [-0.25, -0.2) is 0 Å². The van der Waals surface area contributed by atoms with E-state index in [1.54, 1.807) is 0 Å². The highest BCUT2D eigenvalue weighted by atomic mass is 32.2. The Hall–Kier alpha value is -1.50. The first-order valence-electron chi connectivity index (χ1n) is 6.90. The lowest BCUT2D eigenvalue weighted by Crippen LogP contribution is -2.07. The van der Waals surface area contributed by atoms with E-state index < -0.39 is 18.1 Å². The first-order valence-corrected chi connectivity index (χ1v) is 8.29. The first-order chi connectivity index (χ1) is 10.6. The first kappa shape index (κ1) is 19.6. The number of alkyl halides is 1. The fourth-order valence-electron chi connectivity index (χ4n) is 1.92. The summed E-state index contributed by atoms with van der Waals surface area (Å²) in [6.45, 7) is 6.16. The van der Waals surface area contributed by atoms with Crippen LogP contribution in [0.15, 0.2) is 52.3 Å². The highest BCUT2D eigenvalue weighted by Crippen LogP contribution is 2.27. The Labute approximate surface area is 136 Å². The second-order valence-corrected chi connectivity index (χ2v) is 6.99. The van der Waals surface area contributed by atoms with Gasteiger partial charge < -0.3 is 17.3 Å². The van der Waals surface area contributed by atoms with Crippen LogP contribution < -0.4 is 0 Å². The maximum Gasteiger partial charge on any atom is 0.673 e. The van der Waals surface area contributed by atoms with E-state index >= 15 is 0 Å². The third kappa shape index (κ3) is 7.07. The Kier molecular flexibility index (Phi) is 7.13. The Bertz CT molecular complexity index is 619. The van der Waals surface area contributed by atoms with Gasteiger partial charge in [-0.05, 0) is 44.5 Å². The number of rotatable bonds is 3. The Morgan fingerprint density at radius 2 is 1.30 bits per heavy atom. The number of halogens is 5. The van der Waals surface area contributed by atoms with Crippen molar-refractivity contribution in [2.24, 2.45) is 0 Å². The van der Waals surface area contributed by atoms with Gasteiger partial charge in [0.2, 0.25) is 0 Å². The molecule has 0 radical (unpaired) electrons. The van der Waals surface area contributed by atoms with Crippen LogP contribution in [0.5, 0.6) is 0 Å². The fraction of sp³-hybridized carbons (Fsp3) is 0.250. The molecule has 0 bridgehead atoms.